The molecule has 1 saturated heterocycles. The van der Waals surface area contributed by atoms with Crippen molar-refractivity contribution in [2.75, 3.05) is 25.0 Å². The van der Waals surface area contributed by atoms with E-state index in [0.717, 1.165) is 43.7 Å². The predicted octanol–water partition coefficient (Wildman–Crippen LogP) is 2.90. The number of likely N-dealkylation sites (tertiary alicyclic amines) is 1. The summed E-state index contributed by atoms with van der Waals surface area (Å²) in [6, 6.07) is 3.93. The molecule has 2 aliphatic rings. The molecular weight excluding hydrogens is 356 g/mol. The number of rotatable bonds is 5. The summed E-state index contributed by atoms with van der Waals surface area (Å²) in [6.07, 6.45) is 3.49. The quantitative estimate of drug-likeness (QED) is 0.674. The van der Waals surface area contributed by atoms with Gasteiger partial charge in [0.15, 0.2) is 0 Å². The van der Waals surface area contributed by atoms with Crippen molar-refractivity contribution in [3.63, 3.8) is 0 Å². The highest BCUT2D eigenvalue weighted by molar-refractivity contribution is 5.81. The summed E-state index contributed by atoms with van der Waals surface area (Å²) in [5.74, 6) is 0.673. The first-order valence-corrected chi connectivity index (χ1v) is 10.3. The number of nitrogens with zero attached hydrogens (tertiary/aromatic N) is 2. The lowest BCUT2D eigenvalue weighted by Gasteiger charge is -2.36. The molecule has 2 aliphatic heterocycles. The average Bonchev–Trinajstić information content (AvgIpc) is 3.11. The number of anilines is 1. The van der Waals surface area contributed by atoms with Crippen LogP contribution in [0.3, 0.4) is 0 Å². The van der Waals surface area contributed by atoms with Crippen molar-refractivity contribution in [1.82, 2.24) is 15.2 Å². The van der Waals surface area contributed by atoms with Crippen LogP contribution in [0.1, 0.15) is 51.3 Å². The third-order valence-electron chi connectivity index (χ3n) is 5.73. The minimum atomic E-state index is -0.942. The molecule has 0 spiro atoms. The topological polar surface area (TPSA) is 94.6 Å². The number of hydrogen-bond donors (Lipinski definition) is 3. The highest BCUT2D eigenvalue weighted by atomic mass is 16.4. The van der Waals surface area contributed by atoms with Gasteiger partial charge in [0.25, 0.3) is 0 Å². The van der Waals surface area contributed by atoms with E-state index >= 15 is 0 Å². The second-order valence-electron chi connectivity index (χ2n) is 8.92. The van der Waals surface area contributed by atoms with E-state index in [4.69, 9.17) is 0 Å². The third kappa shape index (κ3) is 4.56. The molecular formula is C21H32N4O3. The maximum absolute atomic E-state index is 12.7. The molecule has 28 heavy (non-hydrogen) atoms. The van der Waals surface area contributed by atoms with Gasteiger partial charge in [-0.15, -0.1) is 0 Å². The number of carboxylic acid groups (broad SMARTS) is 1. The first-order valence-electron chi connectivity index (χ1n) is 10.3. The molecule has 7 heteroatoms. The van der Waals surface area contributed by atoms with Gasteiger partial charge in [0.2, 0.25) is 5.91 Å². The number of nitrogens with one attached hydrogen (secondary N) is 2. The summed E-state index contributed by atoms with van der Waals surface area (Å²) in [5.41, 5.74) is 2.03. The fourth-order valence-electron chi connectivity index (χ4n) is 4.47. The molecule has 1 fully saturated rings. The minimum Gasteiger partial charge on any atom is -0.465 e. The van der Waals surface area contributed by atoms with Crippen molar-refractivity contribution in [2.24, 2.45) is 11.3 Å². The molecule has 154 valence electrons. The standard InChI is InChI=1S/C21H32N4O3/c1-21(2,3)17-16(10-13-25(17)20(27)28)19(26)23-12-5-7-15-9-8-14-6-4-11-22-18(14)24-15/h8-9,16-17H,4-7,10-13H2,1-3H3,(H,22,24)(H,23,26)(H,27,28). The molecule has 1 aromatic heterocycles. The van der Waals surface area contributed by atoms with Gasteiger partial charge in [0.1, 0.15) is 5.82 Å². The molecule has 0 radical (unpaired) electrons. The lowest BCUT2D eigenvalue weighted by atomic mass is 9.79. The summed E-state index contributed by atoms with van der Waals surface area (Å²) in [4.78, 5) is 30.4. The summed E-state index contributed by atoms with van der Waals surface area (Å²) in [7, 11) is 0. The lowest BCUT2D eigenvalue weighted by molar-refractivity contribution is -0.126. The van der Waals surface area contributed by atoms with E-state index in [-0.39, 0.29) is 23.3 Å². The Kier molecular flexibility index (Phi) is 6.10. The number of amides is 2. The van der Waals surface area contributed by atoms with Crippen LogP contribution in [0.2, 0.25) is 0 Å². The van der Waals surface area contributed by atoms with Gasteiger partial charge in [-0.1, -0.05) is 26.8 Å². The van der Waals surface area contributed by atoms with Crippen LogP contribution < -0.4 is 10.6 Å². The molecule has 2 atom stereocenters. The van der Waals surface area contributed by atoms with Crippen LogP contribution in [0.15, 0.2) is 12.1 Å². The van der Waals surface area contributed by atoms with Gasteiger partial charge in [0, 0.05) is 25.3 Å². The zero-order chi connectivity index (χ0) is 20.3. The Morgan fingerprint density at radius 2 is 2.14 bits per heavy atom. The molecule has 0 aromatic carbocycles. The van der Waals surface area contributed by atoms with Crippen molar-refractivity contribution in [3.8, 4) is 0 Å². The fraction of sp³-hybridized carbons (Fsp3) is 0.667. The lowest BCUT2D eigenvalue weighted by Crippen LogP contribution is -2.49. The first kappa shape index (κ1) is 20.4. The Labute approximate surface area is 166 Å². The van der Waals surface area contributed by atoms with Gasteiger partial charge in [0.05, 0.1) is 12.0 Å². The number of hydrogen-bond acceptors (Lipinski definition) is 4. The molecule has 2 unspecified atom stereocenters. The Hall–Kier alpha value is -2.31. The van der Waals surface area contributed by atoms with Crippen molar-refractivity contribution < 1.29 is 14.7 Å². The van der Waals surface area contributed by atoms with Gasteiger partial charge in [-0.05, 0) is 49.1 Å². The molecule has 2 amide bonds. The van der Waals surface area contributed by atoms with Gasteiger partial charge < -0.3 is 20.6 Å². The average molecular weight is 389 g/mol. The molecule has 3 rings (SSSR count). The minimum absolute atomic E-state index is 0.0382. The molecule has 3 heterocycles. The van der Waals surface area contributed by atoms with E-state index in [1.165, 1.54) is 10.5 Å². The van der Waals surface area contributed by atoms with Crippen LogP contribution in [0.5, 0.6) is 0 Å². The molecule has 1 aromatic rings. The van der Waals surface area contributed by atoms with Crippen LogP contribution in [0.25, 0.3) is 0 Å². The first-order chi connectivity index (χ1) is 13.3. The maximum Gasteiger partial charge on any atom is 0.407 e. The Balaban J connectivity index is 1.51. The van der Waals surface area contributed by atoms with Gasteiger partial charge in [-0.2, -0.15) is 0 Å². The second-order valence-corrected chi connectivity index (χ2v) is 8.92. The van der Waals surface area contributed by atoms with Crippen LogP contribution in [0, 0.1) is 11.3 Å². The van der Waals surface area contributed by atoms with Crippen molar-refractivity contribution in [3.05, 3.63) is 23.4 Å². The maximum atomic E-state index is 12.7. The van der Waals surface area contributed by atoms with E-state index in [0.29, 0.717) is 19.5 Å². The largest absolute Gasteiger partial charge is 0.465 e. The fourth-order valence-corrected chi connectivity index (χ4v) is 4.47. The summed E-state index contributed by atoms with van der Waals surface area (Å²) >= 11 is 0. The predicted molar refractivity (Wildman–Crippen MR) is 108 cm³/mol. The third-order valence-corrected chi connectivity index (χ3v) is 5.73. The Morgan fingerprint density at radius 3 is 2.86 bits per heavy atom. The normalized spacial score (nSPS) is 21.8. The highest BCUT2D eigenvalue weighted by Crippen LogP contribution is 2.37. The summed E-state index contributed by atoms with van der Waals surface area (Å²) in [5, 5.41) is 15.8. The van der Waals surface area contributed by atoms with Crippen molar-refractivity contribution in [1.29, 1.82) is 0 Å². The number of aryl methyl sites for hydroxylation is 2. The number of carbonyl (C=O) groups excluding carboxylic acids is 1. The van der Waals surface area contributed by atoms with Gasteiger partial charge in [-0.25, -0.2) is 9.78 Å². The van der Waals surface area contributed by atoms with Crippen molar-refractivity contribution in [2.45, 2.75) is 58.9 Å². The Bertz CT molecular complexity index is 729. The molecule has 0 aliphatic carbocycles. The SMILES string of the molecule is CC(C)(C)C1C(C(=O)NCCCc2ccc3c(n2)NCCC3)CCN1C(=O)O. The highest BCUT2D eigenvalue weighted by Gasteiger charge is 2.46. The second kappa shape index (κ2) is 8.37. The van der Waals surface area contributed by atoms with E-state index in [1.807, 2.05) is 20.8 Å². The number of fused-ring (bicyclic) bond motifs is 1. The van der Waals surface area contributed by atoms with Crippen molar-refractivity contribution >= 4 is 17.8 Å². The molecule has 7 nitrogen and oxygen atoms in total. The molecule has 3 N–H and O–H groups in total. The van der Waals surface area contributed by atoms with Crippen LogP contribution in [0.4, 0.5) is 10.6 Å². The van der Waals surface area contributed by atoms with E-state index in [9.17, 15) is 14.7 Å². The number of pyridine rings is 1. The zero-order valence-corrected chi connectivity index (χ0v) is 17.1. The number of aromatic nitrogens is 1. The Morgan fingerprint density at radius 1 is 1.36 bits per heavy atom. The molecule has 0 bridgehead atoms. The van der Waals surface area contributed by atoms with E-state index in [1.54, 1.807) is 0 Å². The molecule has 0 saturated carbocycles. The van der Waals surface area contributed by atoms with E-state index in [2.05, 4.69) is 27.8 Å². The monoisotopic (exact) mass is 388 g/mol. The van der Waals surface area contributed by atoms with Crippen LogP contribution in [-0.4, -0.2) is 52.7 Å². The van der Waals surface area contributed by atoms with Gasteiger partial charge in [-0.3, -0.25) is 4.79 Å². The van der Waals surface area contributed by atoms with Gasteiger partial charge >= 0.3 is 6.09 Å². The summed E-state index contributed by atoms with van der Waals surface area (Å²) < 4.78 is 0. The smallest absolute Gasteiger partial charge is 0.407 e. The number of carbonyl (C=O) groups is 2. The van der Waals surface area contributed by atoms with Crippen LogP contribution in [-0.2, 0) is 17.6 Å². The summed E-state index contributed by atoms with van der Waals surface area (Å²) in [6.45, 7) is 7.95. The van der Waals surface area contributed by atoms with E-state index < -0.39 is 6.09 Å². The zero-order valence-electron chi connectivity index (χ0n) is 17.1. The van der Waals surface area contributed by atoms with Crippen LogP contribution >= 0.6 is 0 Å².